The van der Waals surface area contributed by atoms with Gasteiger partial charge in [-0.05, 0) is 59.7 Å². The Bertz CT molecular complexity index is 1040. The summed E-state index contributed by atoms with van der Waals surface area (Å²) in [5.41, 5.74) is 6.50. The van der Waals surface area contributed by atoms with E-state index >= 15 is 0 Å². The minimum absolute atomic E-state index is 0.890. The van der Waals surface area contributed by atoms with E-state index in [0.717, 1.165) is 33.8 Å². The Morgan fingerprint density at radius 3 is 1.63 bits per heavy atom. The van der Waals surface area contributed by atoms with E-state index in [2.05, 4.69) is 95.7 Å². The van der Waals surface area contributed by atoms with Gasteiger partial charge in [0.25, 0.3) is 0 Å². The second kappa shape index (κ2) is 7.64. The van der Waals surface area contributed by atoms with Crippen LogP contribution in [0.4, 0.5) is 17.1 Å². The molecule has 0 N–H and O–H groups in total. The molecule has 0 unspecified atom stereocenters. The van der Waals surface area contributed by atoms with Crippen LogP contribution in [0.2, 0.25) is 0 Å². The highest BCUT2D eigenvalue weighted by molar-refractivity contribution is 5.80. The zero-order valence-electron chi connectivity index (χ0n) is 14.9. The molecule has 27 heavy (non-hydrogen) atoms. The number of para-hydroxylation sites is 2. The quantitative estimate of drug-likeness (QED) is 0.367. The maximum atomic E-state index is 5.57. The van der Waals surface area contributed by atoms with Crippen molar-refractivity contribution in [3.8, 4) is 23.5 Å². The van der Waals surface area contributed by atoms with Gasteiger partial charge in [0.05, 0.1) is 0 Å². The Morgan fingerprint density at radius 2 is 1.04 bits per heavy atom. The maximum Gasteiger partial charge on any atom is 0.0467 e. The Hall–Kier alpha value is -3.76. The average Bonchev–Trinajstić information content (AvgIpc) is 2.76. The lowest BCUT2D eigenvalue weighted by atomic mass is 10.0. The van der Waals surface area contributed by atoms with Gasteiger partial charge in [0, 0.05) is 22.6 Å². The van der Waals surface area contributed by atoms with E-state index < -0.39 is 0 Å². The van der Waals surface area contributed by atoms with E-state index in [0.29, 0.717) is 0 Å². The number of hydrogen-bond acceptors (Lipinski definition) is 1. The third-order valence-corrected chi connectivity index (χ3v) is 4.50. The van der Waals surface area contributed by atoms with Crippen LogP contribution in [0.25, 0.3) is 11.1 Å². The van der Waals surface area contributed by atoms with Crippen LogP contribution < -0.4 is 4.90 Å². The lowest BCUT2D eigenvalue weighted by Gasteiger charge is -2.25. The first-order chi connectivity index (χ1) is 13.3. The molecular formula is C26H19N. The molecule has 0 radical (unpaired) electrons. The van der Waals surface area contributed by atoms with Gasteiger partial charge >= 0.3 is 0 Å². The fourth-order valence-electron chi connectivity index (χ4n) is 3.21. The predicted molar refractivity (Wildman–Crippen MR) is 114 cm³/mol. The van der Waals surface area contributed by atoms with Gasteiger partial charge in [-0.2, -0.15) is 0 Å². The number of anilines is 3. The minimum Gasteiger partial charge on any atom is -0.310 e. The second-order valence-corrected chi connectivity index (χ2v) is 6.28. The molecule has 4 aromatic carbocycles. The highest BCUT2D eigenvalue weighted by Crippen LogP contribution is 2.36. The monoisotopic (exact) mass is 345 g/mol. The molecule has 0 atom stereocenters. The first-order valence-electron chi connectivity index (χ1n) is 8.92. The van der Waals surface area contributed by atoms with E-state index in [9.17, 15) is 0 Å². The van der Waals surface area contributed by atoms with Crippen molar-refractivity contribution in [1.82, 2.24) is 0 Å². The van der Waals surface area contributed by atoms with Crippen molar-refractivity contribution in [2.24, 2.45) is 0 Å². The van der Waals surface area contributed by atoms with Crippen molar-refractivity contribution in [3.05, 3.63) is 115 Å². The molecule has 0 heterocycles. The van der Waals surface area contributed by atoms with Crippen LogP contribution in [-0.2, 0) is 0 Å². The van der Waals surface area contributed by atoms with Gasteiger partial charge in [0.15, 0.2) is 0 Å². The van der Waals surface area contributed by atoms with Crippen molar-refractivity contribution in [3.63, 3.8) is 0 Å². The number of rotatable bonds is 4. The fourth-order valence-corrected chi connectivity index (χ4v) is 3.21. The van der Waals surface area contributed by atoms with Crippen LogP contribution in [0.3, 0.4) is 0 Å². The number of benzene rings is 4. The number of terminal acetylenes is 1. The van der Waals surface area contributed by atoms with Gasteiger partial charge in [0.2, 0.25) is 0 Å². The summed E-state index contributed by atoms with van der Waals surface area (Å²) in [5.74, 6) is 2.72. The third kappa shape index (κ3) is 3.61. The molecule has 0 saturated heterocycles. The Morgan fingerprint density at radius 1 is 0.519 bits per heavy atom. The van der Waals surface area contributed by atoms with Crippen molar-refractivity contribution >= 4 is 17.1 Å². The summed E-state index contributed by atoms with van der Waals surface area (Å²) in [5, 5.41) is 0. The van der Waals surface area contributed by atoms with E-state index in [-0.39, 0.29) is 0 Å². The zero-order chi connectivity index (χ0) is 18.5. The van der Waals surface area contributed by atoms with Crippen molar-refractivity contribution in [2.75, 3.05) is 4.90 Å². The van der Waals surface area contributed by atoms with E-state index in [4.69, 9.17) is 6.42 Å². The normalized spacial score (nSPS) is 10.2. The molecule has 0 spiro atoms. The summed E-state index contributed by atoms with van der Waals surface area (Å²) in [6.07, 6.45) is 5.57. The van der Waals surface area contributed by atoms with Crippen LogP contribution in [0, 0.1) is 12.3 Å². The summed E-state index contributed by atoms with van der Waals surface area (Å²) in [4.78, 5) is 2.26. The fraction of sp³-hybridized carbons (Fsp3) is 0. The molecule has 4 aromatic rings. The molecular weight excluding hydrogens is 326 g/mol. The highest BCUT2D eigenvalue weighted by Gasteiger charge is 2.12. The van der Waals surface area contributed by atoms with Crippen molar-refractivity contribution in [1.29, 1.82) is 0 Å². The first-order valence-corrected chi connectivity index (χ1v) is 8.92. The topological polar surface area (TPSA) is 3.24 Å². The Labute approximate surface area is 160 Å². The van der Waals surface area contributed by atoms with Crippen molar-refractivity contribution in [2.45, 2.75) is 0 Å². The van der Waals surface area contributed by atoms with Crippen LogP contribution in [0.15, 0.2) is 109 Å². The molecule has 0 fully saturated rings. The van der Waals surface area contributed by atoms with Crippen LogP contribution in [-0.4, -0.2) is 0 Å². The minimum atomic E-state index is 0.890. The van der Waals surface area contributed by atoms with Gasteiger partial charge in [-0.25, -0.2) is 0 Å². The van der Waals surface area contributed by atoms with Gasteiger partial charge in [-0.15, -0.1) is 6.42 Å². The molecule has 0 amide bonds. The van der Waals surface area contributed by atoms with Gasteiger partial charge in [0.1, 0.15) is 0 Å². The largest absolute Gasteiger partial charge is 0.310 e. The SMILES string of the molecule is C#Cc1cccc(-c2cccc(N(c3ccccc3)c3ccccc3)c2)c1. The molecule has 128 valence electrons. The molecule has 0 aromatic heterocycles. The van der Waals surface area contributed by atoms with Gasteiger partial charge in [-0.1, -0.05) is 66.6 Å². The molecule has 1 heteroatoms. The lowest BCUT2D eigenvalue weighted by Crippen LogP contribution is -2.09. The van der Waals surface area contributed by atoms with Gasteiger partial charge in [-0.3, -0.25) is 0 Å². The molecule has 4 rings (SSSR count). The van der Waals surface area contributed by atoms with E-state index in [1.807, 2.05) is 24.3 Å². The number of nitrogens with zero attached hydrogens (tertiary/aromatic N) is 1. The summed E-state index contributed by atoms with van der Waals surface area (Å²) < 4.78 is 0. The third-order valence-electron chi connectivity index (χ3n) is 4.50. The van der Waals surface area contributed by atoms with E-state index in [1.165, 1.54) is 0 Å². The summed E-state index contributed by atoms with van der Waals surface area (Å²) in [6.45, 7) is 0. The van der Waals surface area contributed by atoms with Crippen LogP contribution >= 0.6 is 0 Å². The Balaban J connectivity index is 1.83. The zero-order valence-corrected chi connectivity index (χ0v) is 14.9. The number of hydrogen-bond donors (Lipinski definition) is 0. The summed E-state index contributed by atoms with van der Waals surface area (Å²) in [7, 11) is 0. The Kier molecular flexibility index (Phi) is 4.72. The molecule has 0 saturated carbocycles. The standard InChI is InChI=1S/C26H19N/c1-2-21-11-9-12-22(19-21)23-13-10-18-26(20-23)27(24-14-5-3-6-15-24)25-16-7-4-8-17-25/h1,3-20H. The van der Waals surface area contributed by atoms with Crippen LogP contribution in [0.5, 0.6) is 0 Å². The predicted octanol–water partition coefficient (Wildman–Crippen LogP) is 6.80. The van der Waals surface area contributed by atoms with Gasteiger partial charge < -0.3 is 4.90 Å². The smallest absolute Gasteiger partial charge is 0.0467 e. The molecule has 0 aliphatic carbocycles. The highest BCUT2D eigenvalue weighted by atomic mass is 15.1. The molecule has 1 nitrogen and oxygen atoms in total. The lowest BCUT2D eigenvalue weighted by molar-refractivity contribution is 1.28. The molecule has 0 aliphatic rings. The second-order valence-electron chi connectivity index (χ2n) is 6.28. The van der Waals surface area contributed by atoms with E-state index in [1.54, 1.807) is 0 Å². The average molecular weight is 345 g/mol. The molecule has 0 aliphatic heterocycles. The first kappa shape index (κ1) is 16.7. The van der Waals surface area contributed by atoms with Crippen LogP contribution in [0.1, 0.15) is 5.56 Å². The molecule has 0 bridgehead atoms. The summed E-state index contributed by atoms with van der Waals surface area (Å²) >= 11 is 0. The van der Waals surface area contributed by atoms with Crippen molar-refractivity contribution < 1.29 is 0 Å². The maximum absolute atomic E-state index is 5.57. The summed E-state index contributed by atoms with van der Waals surface area (Å²) in [6, 6.07) is 37.5.